The number of aromatic nitrogens is 3. The fourth-order valence-electron chi connectivity index (χ4n) is 5.66. The van der Waals surface area contributed by atoms with E-state index in [2.05, 4.69) is 46.3 Å². The molecule has 3 aromatic rings. The van der Waals surface area contributed by atoms with Crippen molar-refractivity contribution < 1.29 is 8.94 Å². The molecule has 6 heteroatoms. The third kappa shape index (κ3) is 4.00. The summed E-state index contributed by atoms with van der Waals surface area (Å²) in [4.78, 5) is 9.23. The molecule has 2 bridgehead atoms. The number of anilines is 1. The van der Waals surface area contributed by atoms with E-state index in [4.69, 9.17) is 13.9 Å². The van der Waals surface area contributed by atoms with Crippen LogP contribution in [-0.4, -0.2) is 21.7 Å². The van der Waals surface area contributed by atoms with Crippen LogP contribution in [0, 0.1) is 5.41 Å². The molecular formula is C27H32N4O2. The number of fused-ring (bicyclic) bond motifs is 3. The molecule has 1 aromatic carbocycles. The Bertz CT molecular complexity index is 1120. The lowest BCUT2D eigenvalue weighted by Crippen LogP contribution is -2.47. The highest BCUT2D eigenvalue weighted by atomic mass is 16.5. The van der Waals surface area contributed by atoms with Crippen molar-refractivity contribution >= 4 is 5.69 Å². The molecular weight excluding hydrogens is 412 g/mol. The van der Waals surface area contributed by atoms with E-state index in [0.717, 1.165) is 73.3 Å². The van der Waals surface area contributed by atoms with Crippen LogP contribution in [0.15, 0.2) is 52.1 Å². The van der Waals surface area contributed by atoms with Gasteiger partial charge in [-0.2, -0.15) is 4.98 Å². The van der Waals surface area contributed by atoms with E-state index in [-0.39, 0.29) is 5.41 Å². The largest absolute Gasteiger partial charge is 0.441 e. The van der Waals surface area contributed by atoms with Crippen LogP contribution in [-0.2, 0) is 11.8 Å². The number of hydrogen-bond acceptors (Lipinski definition) is 6. The number of nitrogens with zero attached hydrogens (tertiary/aromatic N) is 3. The molecule has 6 nitrogen and oxygen atoms in total. The molecule has 4 aliphatic rings. The maximum absolute atomic E-state index is 5.94. The van der Waals surface area contributed by atoms with Gasteiger partial charge in [-0.3, -0.25) is 0 Å². The second kappa shape index (κ2) is 8.15. The molecule has 1 N–H and O–H groups in total. The van der Waals surface area contributed by atoms with Gasteiger partial charge in [-0.1, -0.05) is 23.4 Å². The maximum Gasteiger partial charge on any atom is 0.232 e. The second-order valence-corrected chi connectivity index (χ2v) is 10.4. The van der Waals surface area contributed by atoms with Gasteiger partial charge in [0, 0.05) is 35.5 Å². The van der Waals surface area contributed by atoms with E-state index in [1.165, 1.54) is 32.1 Å². The maximum atomic E-state index is 5.94. The topological polar surface area (TPSA) is 77.0 Å². The SMILES string of the molecule is C=CCCc1ncc(-c2cccc(NCC34CCC(c5nc(C6CC6)no5)(CC3)CC4)c2)o1. The third-order valence-electron chi connectivity index (χ3n) is 8.17. The molecule has 2 aromatic heterocycles. The summed E-state index contributed by atoms with van der Waals surface area (Å²) >= 11 is 0. The van der Waals surface area contributed by atoms with Crippen molar-refractivity contribution in [3.8, 4) is 11.3 Å². The summed E-state index contributed by atoms with van der Waals surface area (Å²) in [5, 5.41) is 8.03. The summed E-state index contributed by atoms with van der Waals surface area (Å²) in [7, 11) is 0. The van der Waals surface area contributed by atoms with Crippen LogP contribution in [0.5, 0.6) is 0 Å². The van der Waals surface area contributed by atoms with Gasteiger partial charge in [0.15, 0.2) is 17.5 Å². The molecule has 4 fully saturated rings. The van der Waals surface area contributed by atoms with Gasteiger partial charge in [-0.25, -0.2) is 4.98 Å². The molecule has 0 saturated heterocycles. The minimum atomic E-state index is 0.122. The Hall–Kier alpha value is -2.89. The van der Waals surface area contributed by atoms with E-state index in [1.54, 1.807) is 0 Å². The lowest BCUT2D eigenvalue weighted by molar-refractivity contribution is 0.0322. The Morgan fingerprint density at radius 1 is 1.12 bits per heavy atom. The van der Waals surface area contributed by atoms with Crippen LogP contribution < -0.4 is 5.32 Å². The monoisotopic (exact) mass is 444 g/mol. The quantitative estimate of drug-likeness (QED) is 0.384. The zero-order chi connectivity index (χ0) is 22.3. The van der Waals surface area contributed by atoms with Crippen molar-refractivity contribution in [1.82, 2.24) is 15.1 Å². The van der Waals surface area contributed by atoms with E-state index < -0.39 is 0 Å². The van der Waals surface area contributed by atoms with E-state index in [1.807, 2.05) is 12.3 Å². The van der Waals surface area contributed by atoms with Gasteiger partial charge in [-0.15, -0.1) is 6.58 Å². The molecule has 0 aliphatic heterocycles. The molecule has 7 rings (SSSR count). The average molecular weight is 445 g/mol. The Balaban J connectivity index is 1.09. The molecule has 4 aliphatic carbocycles. The smallest absolute Gasteiger partial charge is 0.232 e. The van der Waals surface area contributed by atoms with Crippen molar-refractivity contribution in [3.63, 3.8) is 0 Å². The average Bonchev–Trinajstić information content (AvgIpc) is 3.39. The number of rotatable bonds is 9. The van der Waals surface area contributed by atoms with Crippen molar-refractivity contribution in [3.05, 3.63) is 60.7 Å². The molecule has 0 amide bonds. The fourth-order valence-corrected chi connectivity index (χ4v) is 5.66. The summed E-state index contributed by atoms with van der Waals surface area (Å²) < 4.78 is 11.7. The number of oxazole rings is 1. The van der Waals surface area contributed by atoms with Crippen LogP contribution in [0.2, 0.25) is 0 Å². The van der Waals surface area contributed by atoms with E-state index >= 15 is 0 Å². The zero-order valence-electron chi connectivity index (χ0n) is 19.2. The van der Waals surface area contributed by atoms with Gasteiger partial charge in [0.05, 0.1) is 6.20 Å². The highest BCUT2D eigenvalue weighted by molar-refractivity contribution is 5.63. The number of hydrogen-bond donors (Lipinski definition) is 1. The molecule has 0 atom stereocenters. The summed E-state index contributed by atoms with van der Waals surface area (Å²) in [6, 6.07) is 8.48. The summed E-state index contributed by atoms with van der Waals surface area (Å²) in [6.07, 6.45) is 14.9. The molecule has 172 valence electrons. The molecule has 0 unspecified atom stereocenters. The lowest BCUT2D eigenvalue weighted by atomic mass is 9.53. The highest BCUT2D eigenvalue weighted by Gasteiger charge is 2.52. The van der Waals surface area contributed by atoms with Gasteiger partial charge in [-0.05, 0) is 75.3 Å². The molecule has 4 saturated carbocycles. The number of nitrogens with one attached hydrogen (secondary N) is 1. The zero-order valence-corrected chi connectivity index (χ0v) is 19.2. The summed E-state index contributed by atoms with van der Waals surface area (Å²) in [5.74, 6) is 4.00. The van der Waals surface area contributed by atoms with Crippen LogP contribution in [0.1, 0.15) is 81.3 Å². The van der Waals surface area contributed by atoms with E-state index in [0.29, 0.717) is 11.3 Å². The Kier molecular flexibility index (Phi) is 5.11. The van der Waals surface area contributed by atoms with Crippen molar-refractivity contribution in [2.45, 2.75) is 75.5 Å². The van der Waals surface area contributed by atoms with Crippen molar-refractivity contribution in [1.29, 1.82) is 0 Å². The Morgan fingerprint density at radius 3 is 2.70 bits per heavy atom. The first-order chi connectivity index (χ1) is 16.2. The minimum absolute atomic E-state index is 0.122. The van der Waals surface area contributed by atoms with Crippen LogP contribution in [0.3, 0.4) is 0 Å². The third-order valence-corrected chi connectivity index (χ3v) is 8.17. The van der Waals surface area contributed by atoms with Gasteiger partial charge in [0.1, 0.15) is 0 Å². The van der Waals surface area contributed by atoms with Gasteiger partial charge in [0.2, 0.25) is 5.89 Å². The van der Waals surface area contributed by atoms with Gasteiger partial charge < -0.3 is 14.3 Å². The van der Waals surface area contributed by atoms with E-state index in [9.17, 15) is 0 Å². The molecule has 33 heavy (non-hydrogen) atoms. The standard InChI is InChI=1S/C27H32N4O2/c1-2-3-7-23-28-17-22(32-23)20-5-4-6-21(16-20)29-18-26-10-13-27(14-11-26,15-12-26)25-30-24(31-33-25)19-8-9-19/h2,4-6,16-17,19,29H,1,3,7-15,18H2. The second-order valence-electron chi connectivity index (χ2n) is 10.4. The van der Waals surface area contributed by atoms with Crippen LogP contribution in [0.25, 0.3) is 11.3 Å². The fraction of sp³-hybridized carbons (Fsp3) is 0.519. The molecule has 0 radical (unpaired) electrons. The first kappa shape index (κ1) is 20.7. The first-order valence-corrected chi connectivity index (χ1v) is 12.4. The molecule has 2 heterocycles. The van der Waals surface area contributed by atoms with Crippen molar-refractivity contribution in [2.24, 2.45) is 5.41 Å². The minimum Gasteiger partial charge on any atom is -0.441 e. The summed E-state index contributed by atoms with van der Waals surface area (Å²) in [5.41, 5.74) is 2.68. The first-order valence-electron chi connectivity index (χ1n) is 12.4. The highest BCUT2D eigenvalue weighted by Crippen LogP contribution is 2.57. The lowest BCUT2D eigenvalue weighted by Gasteiger charge is -2.52. The Morgan fingerprint density at radius 2 is 1.94 bits per heavy atom. The summed E-state index contributed by atoms with van der Waals surface area (Å²) in [6.45, 7) is 4.77. The number of allylic oxidation sites excluding steroid dienone is 1. The predicted molar refractivity (Wildman–Crippen MR) is 127 cm³/mol. The number of benzene rings is 1. The Labute approximate surface area is 194 Å². The van der Waals surface area contributed by atoms with Crippen LogP contribution in [0.4, 0.5) is 5.69 Å². The molecule has 0 spiro atoms. The van der Waals surface area contributed by atoms with Gasteiger partial charge in [0.25, 0.3) is 0 Å². The van der Waals surface area contributed by atoms with Gasteiger partial charge >= 0.3 is 0 Å². The van der Waals surface area contributed by atoms with Crippen molar-refractivity contribution in [2.75, 3.05) is 11.9 Å². The predicted octanol–water partition coefficient (Wildman–Crippen LogP) is 6.42. The van der Waals surface area contributed by atoms with Crippen LogP contribution >= 0.6 is 0 Å². The number of aryl methyl sites for hydroxylation is 1. The normalized spacial score (nSPS) is 26.4.